The normalized spacial score (nSPS) is 29.4. The van der Waals surface area contributed by atoms with E-state index in [-0.39, 0.29) is 23.7 Å². The van der Waals surface area contributed by atoms with Crippen molar-refractivity contribution in [3.05, 3.63) is 59.2 Å². The van der Waals surface area contributed by atoms with Gasteiger partial charge in [-0.15, -0.1) is 0 Å². The van der Waals surface area contributed by atoms with Gasteiger partial charge in [-0.1, -0.05) is 30.3 Å². The van der Waals surface area contributed by atoms with Crippen molar-refractivity contribution >= 4 is 5.97 Å². The Kier molecular flexibility index (Phi) is 4.29. The van der Waals surface area contributed by atoms with Gasteiger partial charge in [0, 0.05) is 13.1 Å². The summed E-state index contributed by atoms with van der Waals surface area (Å²) in [6, 6.07) is 14.2. The first-order valence-corrected chi connectivity index (χ1v) is 10.1. The molecule has 0 aliphatic carbocycles. The average Bonchev–Trinajstić information content (AvgIpc) is 3.42. The van der Waals surface area contributed by atoms with Crippen LogP contribution in [0.4, 0.5) is 0 Å². The number of hydrogen-bond acceptors (Lipinski definition) is 6. The van der Waals surface area contributed by atoms with E-state index in [2.05, 4.69) is 34.1 Å². The number of ether oxygens (including phenoxy) is 3. The van der Waals surface area contributed by atoms with E-state index in [1.807, 2.05) is 25.1 Å². The summed E-state index contributed by atoms with van der Waals surface area (Å²) in [4.78, 5) is 17.8. The minimum atomic E-state index is -0.326. The molecule has 6 nitrogen and oxygen atoms in total. The number of carbonyl (C=O) groups is 1. The van der Waals surface area contributed by atoms with Gasteiger partial charge in [0.1, 0.15) is 6.04 Å². The van der Waals surface area contributed by atoms with E-state index in [0.29, 0.717) is 6.61 Å². The summed E-state index contributed by atoms with van der Waals surface area (Å²) in [6.07, 6.45) is 0.897. The molecule has 2 aromatic rings. The molecule has 2 saturated heterocycles. The fraction of sp³-hybridized carbons (Fsp3) is 0.435. The minimum absolute atomic E-state index is 0.0353. The molecule has 0 saturated carbocycles. The topological polar surface area (TPSA) is 51.0 Å². The first-order chi connectivity index (χ1) is 14.2. The second-order valence-electron chi connectivity index (χ2n) is 7.84. The smallest absolute Gasteiger partial charge is 0.325 e. The lowest BCUT2D eigenvalue weighted by Crippen LogP contribution is -2.49. The second-order valence-corrected chi connectivity index (χ2v) is 7.84. The van der Waals surface area contributed by atoms with E-state index in [1.165, 1.54) is 16.7 Å². The summed E-state index contributed by atoms with van der Waals surface area (Å²) < 4.78 is 16.6. The van der Waals surface area contributed by atoms with E-state index in [9.17, 15) is 4.79 Å². The van der Waals surface area contributed by atoms with Crippen molar-refractivity contribution in [3.63, 3.8) is 0 Å². The van der Waals surface area contributed by atoms with Crippen LogP contribution < -0.4 is 9.47 Å². The fourth-order valence-electron chi connectivity index (χ4n) is 5.30. The SMILES string of the molecule is CCOC(=O)[C@@H]1N2CCc3cc(OC)c(OC)cc3C2N2C[C@@]12c1ccccc1. The third kappa shape index (κ3) is 2.52. The molecule has 2 unspecified atom stereocenters. The number of fused-ring (bicyclic) bond motifs is 5. The molecule has 3 heterocycles. The molecular formula is C23H26N2O4. The molecule has 0 N–H and O–H groups in total. The molecule has 3 aliphatic rings. The van der Waals surface area contributed by atoms with Gasteiger partial charge in [0.15, 0.2) is 11.5 Å². The lowest BCUT2D eigenvalue weighted by molar-refractivity contribution is -0.150. The highest BCUT2D eigenvalue weighted by atomic mass is 16.5. The standard InChI is InChI=1S/C23H26N2O4/c1-4-29-22(26)20-23(16-8-6-5-7-9-16)14-25(23)21-17-13-19(28-3)18(27-2)12-15(17)10-11-24(20)21/h5-9,12-13,20-21H,4,10-11,14H2,1-3H3/t20-,21?,23+,25?/m0/s1. The Morgan fingerprint density at radius 3 is 2.55 bits per heavy atom. The Hall–Kier alpha value is -2.57. The molecule has 0 amide bonds. The molecule has 0 radical (unpaired) electrons. The molecule has 2 fully saturated rings. The Balaban J connectivity index is 1.62. The van der Waals surface area contributed by atoms with Crippen LogP contribution in [-0.2, 0) is 21.5 Å². The molecule has 29 heavy (non-hydrogen) atoms. The third-order valence-electron chi connectivity index (χ3n) is 6.56. The van der Waals surface area contributed by atoms with Gasteiger partial charge in [-0.25, -0.2) is 0 Å². The molecule has 0 spiro atoms. The zero-order valence-electron chi connectivity index (χ0n) is 17.1. The molecule has 152 valence electrons. The molecule has 2 aromatic carbocycles. The van der Waals surface area contributed by atoms with E-state index in [0.717, 1.165) is 31.0 Å². The van der Waals surface area contributed by atoms with Crippen molar-refractivity contribution in [2.45, 2.75) is 31.1 Å². The lowest BCUT2D eigenvalue weighted by atomic mass is 9.89. The van der Waals surface area contributed by atoms with Crippen LogP contribution in [0.2, 0.25) is 0 Å². The largest absolute Gasteiger partial charge is 0.493 e. The maximum atomic E-state index is 13.1. The van der Waals surface area contributed by atoms with Crippen LogP contribution in [0, 0.1) is 0 Å². The lowest BCUT2D eigenvalue weighted by Gasteiger charge is -2.37. The summed E-state index contributed by atoms with van der Waals surface area (Å²) in [5.41, 5.74) is 3.29. The molecule has 4 atom stereocenters. The summed E-state index contributed by atoms with van der Waals surface area (Å²) in [5.74, 6) is 1.34. The number of hydrogen-bond donors (Lipinski definition) is 0. The van der Waals surface area contributed by atoms with Gasteiger partial charge >= 0.3 is 5.97 Å². The Morgan fingerprint density at radius 1 is 1.14 bits per heavy atom. The van der Waals surface area contributed by atoms with Crippen molar-refractivity contribution in [2.75, 3.05) is 33.9 Å². The number of benzene rings is 2. The third-order valence-corrected chi connectivity index (χ3v) is 6.56. The van der Waals surface area contributed by atoms with Gasteiger partial charge < -0.3 is 14.2 Å². The van der Waals surface area contributed by atoms with Gasteiger partial charge in [-0.2, -0.15) is 0 Å². The highest BCUT2D eigenvalue weighted by molar-refractivity contribution is 5.80. The van der Waals surface area contributed by atoms with Crippen molar-refractivity contribution in [1.82, 2.24) is 9.80 Å². The number of rotatable bonds is 5. The predicted octanol–water partition coefficient (Wildman–Crippen LogP) is 2.72. The maximum absolute atomic E-state index is 13.1. The van der Waals surface area contributed by atoms with Crippen LogP contribution in [0.5, 0.6) is 11.5 Å². The van der Waals surface area contributed by atoms with Crippen LogP contribution in [0.3, 0.4) is 0 Å². The molecular weight excluding hydrogens is 368 g/mol. The average molecular weight is 394 g/mol. The van der Waals surface area contributed by atoms with Gasteiger partial charge in [-0.3, -0.25) is 14.6 Å². The quantitative estimate of drug-likeness (QED) is 0.574. The molecule has 5 rings (SSSR count). The number of nitrogens with zero attached hydrogens (tertiary/aromatic N) is 2. The Bertz CT molecular complexity index is 947. The van der Waals surface area contributed by atoms with E-state index in [4.69, 9.17) is 14.2 Å². The zero-order chi connectivity index (χ0) is 20.2. The summed E-state index contributed by atoms with van der Waals surface area (Å²) >= 11 is 0. The van der Waals surface area contributed by atoms with Gasteiger partial charge in [0.2, 0.25) is 0 Å². The predicted molar refractivity (Wildman–Crippen MR) is 108 cm³/mol. The number of methoxy groups -OCH3 is 2. The van der Waals surface area contributed by atoms with Crippen molar-refractivity contribution in [1.29, 1.82) is 0 Å². The molecule has 0 aromatic heterocycles. The molecule has 6 heteroatoms. The van der Waals surface area contributed by atoms with Crippen LogP contribution >= 0.6 is 0 Å². The van der Waals surface area contributed by atoms with Crippen molar-refractivity contribution < 1.29 is 19.0 Å². The monoisotopic (exact) mass is 394 g/mol. The number of carbonyl (C=O) groups excluding carboxylic acids is 1. The molecule has 3 aliphatic heterocycles. The minimum Gasteiger partial charge on any atom is -0.493 e. The fourth-order valence-corrected chi connectivity index (χ4v) is 5.30. The summed E-state index contributed by atoms with van der Waals surface area (Å²) in [7, 11) is 3.32. The van der Waals surface area contributed by atoms with E-state index in [1.54, 1.807) is 14.2 Å². The van der Waals surface area contributed by atoms with Crippen LogP contribution in [0.1, 0.15) is 29.8 Å². The van der Waals surface area contributed by atoms with Crippen molar-refractivity contribution in [2.24, 2.45) is 0 Å². The highest BCUT2D eigenvalue weighted by Crippen LogP contribution is 2.62. The Labute approximate surface area is 171 Å². The second kappa shape index (κ2) is 6.75. The zero-order valence-corrected chi connectivity index (χ0v) is 17.1. The Morgan fingerprint density at radius 2 is 1.86 bits per heavy atom. The van der Waals surface area contributed by atoms with E-state index >= 15 is 0 Å². The van der Waals surface area contributed by atoms with Crippen LogP contribution in [0.15, 0.2) is 42.5 Å². The van der Waals surface area contributed by atoms with Crippen LogP contribution in [-0.4, -0.2) is 55.7 Å². The molecule has 0 bridgehead atoms. The van der Waals surface area contributed by atoms with Gasteiger partial charge in [-0.05, 0) is 42.2 Å². The van der Waals surface area contributed by atoms with Gasteiger partial charge in [0.05, 0.1) is 32.5 Å². The summed E-state index contributed by atoms with van der Waals surface area (Å²) in [6.45, 7) is 3.91. The van der Waals surface area contributed by atoms with Gasteiger partial charge in [0.25, 0.3) is 0 Å². The first-order valence-electron chi connectivity index (χ1n) is 10.1. The van der Waals surface area contributed by atoms with Crippen LogP contribution in [0.25, 0.3) is 0 Å². The number of esters is 1. The first kappa shape index (κ1) is 18.5. The van der Waals surface area contributed by atoms with E-state index < -0.39 is 0 Å². The van der Waals surface area contributed by atoms with Crippen molar-refractivity contribution in [3.8, 4) is 11.5 Å². The summed E-state index contributed by atoms with van der Waals surface area (Å²) in [5, 5.41) is 0. The maximum Gasteiger partial charge on any atom is 0.325 e. The highest BCUT2D eigenvalue weighted by Gasteiger charge is 2.72.